The first-order valence-electron chi connectivity index (χ1n) is 9.98. The molecule has 0 unspecified atom stereocenters. The summed E-state index contributed by atoms with van der Waals surface area (Å²) < 4.78 is 5.32. The molecule has 10 heteroatoms. The number of carbonyl (C=O) groups excluding carboxylic acids is 1. The van der Waals surface area contributed by atoms with Crippen LogP contribution in [0.3, 0.4) is 0 Å². The quantitative estimate of drug-likeness (QED) is 0.259. The highest BCUT2D eigenvalue weighted by atomic mass is 79.9. The summed E-state index contributed by atoms with van der Waals surface area (Å²) >= 11 is 19.2. The van der Waals surface area contributed by atoms with Crippen molar-refractivity contribution in [1.29, 1.82) is 0 Å². The third-order valence-corrected chi connectivity index (χ3v) is 7.45. The maximum Gasteiger partial charge on any atom is 0.256 e. The molecule has 0 spiro atoms. The van der Waals surface area contributed by atoms with Crippen molar-refractivity contribution in [2.24, 2.45) is 0 Å². The van der Waals surface area contributed by atoms with E-state index in [1.807, 2.05) is 36.7 Å². The highest BCUT2D eigenvalue weighted by Gasteiger charge is 2.14. The van der Waals surface area contributed by atoms with Gasteiger partial charge in [0.25, 0.3) is 5.91 Å². The van der Waals surface area contributed by atoms with Gasteiger partial charge in [0.2, 0.25) is 0 Å². The van der Waals surface area contributed by atoms with Crippen LogP contribution in [0.5, 0.6) is 0 Å². The van der Waals surface area contributed by atoms with Crippen molar-refractivity contribution >= 4 is 66.8 Å². The molecule has 0 aliphatic heterocycles. The number of hydrogen-bond donors (Lipinski definition) is 1. The van der Waals surface area contributed by atoms with E-state index in [0.29, 0.717) is 39.0 Å². The molecule has 0 radical (unpaired) electrons. The summed E-state index contributed by atoms with van der Waals surface area (Å²) in [6, 6.07) is 12.8. The molecule has 33 heavy (non-hydrogen) atoms. The van der Waals surface area contributed by atoms with Crippen LogP contribution in [0.25, 0.3) is 0 Å². The monoisotopic (exact) mass is 609 g/mol. The maximum atomic E-state index is 12.8. The van der Waals surface area contributed by atoms with E-state index >= 15 is 0 Å². The van der Waals surface area contributed by atoms with Crippen molar-refractivity contribution in [3.05, 3.63) is 95.7 Å². The SMILES string of the molecule is Cc1nn(Cc2ccc(C(=O)Nc3nn(Cc4ccc(Cl)cc4Cl)cc3Br)cc2)c(C)c1Br. The van der Waals surface area contributed by atoms with E-state index in [2.05, 4.69) is 47.4 Å². The second kappa shape index (κ2) is 10.0. The second-order valence-corrected chi connectivity index (χ2v) is 10.0. The molecule has 6 nitrogen and oxygen atoms in total. The fraction of sp³-hybridized carbons (Fsp3) is 0.174. The number of aromatic nitrogens is 4. The number of nitrogens with zero attached hydrogens (tertiary/aromatic N) is 4. The summed E-state index contributed by atoms with van der Waals surface area (Å²) in [5, 5.41) is 13.0. The van der Waals surface area contributed by atoms with Gasteiger partial charge in [0.05, 0.1) is 33.4 Å². The van der Waals surface area contributed by atoms with Crippen molar-refractivity contribution in [3.8, 4) is 0 Å². The van der Waals surface area contributed by atoms with Gasteiger partial charge in [0.15, 0.2) is 5.82 Å². The molecule has 4 rings (SSSR count). The van der Waals surface area contributed by atoms with Crippen LogP contribution in [0, 0.1) is 13.8 Å². The number of rotatable bonds is 6. The van der Waals surface area contributed by atoms with Crippen LogP contribution in [0.1, 0.15) is 32.9 Å². The first-order chi connectivity index (χ1) is 15.7. The lowest BCUT2D eigenvalue weighted by molar-refractivity contribution is 0.102. The summed E-state index contributed by atoms with van der Waals surface area (Å²) in [7, 11) is 0. The van der Waals surface area contributed by atoms with Crippen LogP contribution in [0.2, 0.25) is 10.0 Å². The normalized spacial score (nSPS) is 11.1. The molecular weight excluding hydrogens is 593 g/mol. The Labute approximate surface area is 218 Å². The topological polar surface area (TPSA) is 64.7 Å². The standard InChI is InChI=1S/C23H19Br2Cl2N5O/c1-13-21(25)14(2)32(29-13)10-15-3-5-16(6-4-15)23(33)28-22-19(24)12-31(30-22)11-17-7-8-18(26)9-20(17)27/h3-9,12H,10-11H2,1-2H3,(H,28,30,33). The molecule has 4 aromatic rings. The Hall–Kier alpha value is -2.13. The Morgan fingerprint density at radius 3 is 2.39 bits per heavy atom. The number of benzene rings is 2. The highest BCUT2D eigenvalue weighted by Crippen LogP contribution is 2.25. The smallest absolute Gasteiger partial charge is 0.256 e. The van der Waals surface area contributed by atoms with Gasteiger partial charge in [-0.25, -0.2) is 0 Å². The molecule has 0 saturated carbocycles. The van der Waals surface area contributed by atoms with Gasteiger partial charge in [0, 0.05) is 21.8 Å². The Morgan fingerprint density at radius 1 is 1.03 bits per heavy atom. The zero-order valence-corrected chi connectivity index (χ0v) is 22.4. The molecule has 0 saturated heterocycles. The lowest BCUT2D eigenvalue weighted by Gasteiger charge is -2.07. The van der Waals surface area contributed by atoms with Gasteiger partial charge in [-0.1, -0.05) is 41.4 Å². The van der Waals surface area contributed by atoms with E-state index in [1.54, 1.807) is 35.1 Å². The number of amides is 1. The van der Waals surface area contributed by atoms with Crippen LogP contribution < -0.4 is 5.32 Å². The molecule has 0 fully saturated rings. The zero-order chi connectivity index (χ0) is 23.7. The van der Waals surface area contributed by atoms with Crippen molar-refractivity contribution in [2.45, 2.75) is 26.9 Å². The number of hydrogen-bond acceptors (Lipinski definition) is 3. The van der Waals surface area contributed by atoms with Gasteiger partial charge < -0.3 is 5.32 Å². The largest absolute Gasteiger partial charge is 0.304 e. The van der Waals surface area contributed by atoms with Gasteiger partial charge >= 0.3 is 0 Å². The van der Waals surface area contributed by atoms with Crippen LogP contribution >= 0.6 is 55.1 Å². The number of nitrogens with one attached hydrogen (secondary N) is 1. The first kappa shape index (κ1) is 24.0. The van der Waals surface area contributed by atoms with E-state index in [-0.39, 0.29) is 5.91 Å². The van der Waals surface area contributed by atoms with Crippen molar-refractivity contribution in [3.63, 3.8) is 0 Å². The third-order valence-electron chi connectivity index (χ3n) is 5.14. The lowest BCUT2D eigenvalue weighted by Crippen LogP contribution is -2.13. The molecule has 2 aromatic heterocycles. The van der Waals surface area contributed by atoms with E-state index in [1.165, 1.54) is 0 Å². The minimum atomic E-state index is -0.245. The van der Waals surface area contributed by atoms with Gasteiger partial charge in [-0.3, -0.25) is 14.2 Å². The Balaban J connectivity index is 1.43. The molecule has 0 aliphatic carbocycles. The average Bonchev–Trinajstić information content (AvgIpc) is 3.24. The highest BCUT2D eigenvalue weighted by molar-refractivity contribution is 9.11. The van der Waals surface area contributed by atoms with Crippen LogP contribution in [0.4, 0.5) is 5.82 Å². The Morgan fingerprint density at radius 2 is 1.76 bits per heavy atom. The Bertz CT molecular complexity index is 1330. The van der Waals surface area contributed by atoms with Crippen LogP contribution in [0.15, 0.2) is 57.6 Å². The summed E-state index contributed by atoms with van der Waals surface area (Å²) in [5.74, 6) is 0.188. The predicted molar refractivity (Wildman–Crippen MR) is 138 cm³/mol. The summed E-state index contributed by atoms with van der Waals surface area (Å²) in [6.07, 6.45) is 1.79. The molecule has 1 amide bonds. The Kier molecular flexibility index (Phi) is 7.28. The molecule has 0 bridgehead atoms. The number of carbonyl (C=O) groups is 1. The van der Waals surface area contributed by atoms with E-state index in [9.17, 15) is 4.79 Å². The second-order valence-electron chi connectivity index (χ2n) is 7.55. The minimum absolute atomic E-state index is 0.245. The number of anilines is 1. The number of halogens is 4. The van der Waals surface area contributed by atoms with E-state index < -0.39 is 0 Å². The van der Waals surface area contributed by atoms with Crippen LogP contribution in [-0.4, -0.2) is 25.5 Å². The van der Waals surface area contributed by atoms with Crippen molar-refractivity contribution in [2.75, 3.05) is 5.32 Å². The van der Waals surface area contributed by atoms with Crippen molar-refractivity contribution < 1.29 is 4.79 Å². The van der Waals surface area contributed by atoms with E-state index in [4.69, 9.17) is 23.2 Å². The van der Waals surface area contributed by atoms with Gasteiger partial charge in [-0.2, -0.15) is 10.2 Å². The fourth-order valence-electron chi connectivity index (χ4n) is 3.33. The fourth-order valence-corrected chi connectivity index (χ4v) is 4.50. The molecular formula is C23H19Br2Cl2N5O. The number of aryl methyl sites for hydroxylation is 1. The molecule has 2 heterocycles. The van der Waals surface area contributed by atoms with Crippen molar-refractivity contribution in [1.82, 2.24) is 19.6 Å². The molecule has 0 atom stereocenters. The third kappa shape index (κ3) is 5.51. The predicted octanol–water partition coefficient (Wildman–Crippen LogP) is 6.88. The molecule has 2 aromatic carbocycles. The summed E-state index contributed by atoms with van der Waals surface area (Å²) in [4.78, 5) is 12.8. The van der Waals surface area contributed by atoms with Gasteiger partial charge in [-0.15, -0.1) is 0 Å². The molecule has 170 valence electrons. The van der Waals surface area contributed by atoms with Crippen LogP contribution in [-0.2, 0) is 13.1 Å². The lowest BCUT2D eigenvalue weighted by atomic mass is 10.1. The average molecular weight is 612 g/mol. The van der Waals surface area contributed by atoms with E-state index in [0.717, 1.165) is 27.0 Å². The summed E-state index contributed by atoms with van der Waals surface area (Å²) in [5.41, 5.74) is 4.48. The van der Waals surface area contributed by atoms with Gasteiger partial charge in [0.1, 0.15) is 0 Å². The summed E-state index contributed by atoms with van der Waals surface area (Å²) in [6.45, 7) is 5.05. The maximum absolute atomic E-state index is 12.8. The first-order valence-corrected chi connectivity index (χ1v) is 12.3. The minimum Gasteiger partial charge on any atom is -0.304 e. The van der Waals surface area contributed by atoms with Gasteiger partial charge in [-0.05, 0) is 81.1 Å². The zero-order valence-electron chi connectivity index (χ0n) is 17.7. The molecule has 0 aliphatic rings. The molecule has 1 N–H and O–H groups in total.